The second-order valence-corrected chi connectivity index (χ2v) is 2.96. The number of hydrogen-bond acceptors (Lipinski definition) is 3. The maximum Gasteiger partial charge on any atom is 0.310 e. The van der Waals surface area contributed by atoms with Gasteiger partial charge in [0.05, 0.1) is 19.1 Å². The van der Waals surface area contributed by atoms with Crippen molar-refractivity contribution in [3.8, 4) is 0 Å². The molecule has 0 aromatic heterocycles. The lowest BCUT2D eigenvalue weighted by Gasteiger charge is -2.17. The van der Waals surface area contributed by atoms with E-state index in [2.05, 4.69) is 4.74 Å². The fraction of sp³-hybridized carbons (Fsp3) is 0.857. The van der Waals surface area contributed by atoms with Gasteiger partial charge in [0.1, 0.15) is 0 Å². The summed E-state index contributed by atoms with van der Waals surface area (Å²) in [4.78, 5) is 10.9. The molecule has 1 rings (SSSR count). The fourth-order valence-corrected chi connectivity index (χ4v) is 1.40. The molecule has 2 unspecified atom stereocenters. The first kappa shape index (κ1) is 9.38. The molecule has 2 N–H and O–H groups in total. The molecule has 1 aliphatic rings. The molecule has 1 saturated carbocycles. The normalized spacial score (nSPS) is 33.3. The van der Waals surface area contributed by atoms with Gasteiger partial charge < -0.3 is 10.5 Å². The number of carbonyl (C=O) groups excluding carboxylic acids is 1. The standard InChI is InChI=1S/C7H11F2NO2/c1-12-6(11)4-2-3-7(8,9)5(4)10/h4-5H,2-3,10H2,1H3. The Hall–Kier alpha value is -0.710. The van der Waals surface area contributed by atoms with Gasteiger partial charge in [-0.25, -0.2) is 8.78 Å². The maximum absolute atomic E-state index is 12.8. The summed E-state index contributed by atoms with van der Waals surface area (Å²) >= 11 is 0. The van der Waals surface area contributed by atoms with Crippen molar-refractivity contribution in [2.24, 2.45) is 11.7 Å². The molecule has 0 spiro atoms. The highest BCUT2D eigenvalue weighted by molar-refractivity contribution is 5.73. The number of halogens is 2. The van der Waals surface area contributed by atoms with Crippen LogP contribution in [0, 0.1) is 5.92 Å². The first-order valence-corrected chi connectivity index (χ1v) is 3.70. The van der Waals surface area contributed by atoms with E-state index in [0.717, 1.165) is 0 Å². The highest BCUT2D eigenvalue weighted by atomic mass is 19.3. The molecular formula is C7H11F2NO2. The SMILES string of the molecule is COC(=O)C1CCC(F)(F)C1N. The van der Waals surface area contributed by atoms with Crippen molar-refractivity contribution in [1.29, 1.82) is 0 Å². The third kappa shape index (κ3) is 1.41. The summed E-state index contributed by atoms with van der Waals surface area (Å²) in [6.45, 7) is 0. The summed E-state index contributed by atoms with van der Waals surface area (Å²) < 4.78 is 29.8. The van der Waals surface area contributed by atoms with Crippen molar-refractivity contribution in [2.75, 3.05) is 7.11 Å². The highest BCUT2D eigenvalue weighted by Crippen LogP contribution is 2.38. The molecule has 0 bridgehead atoms. The molecule has 0 amide bonds. The second kappa shape index (κ2) is 2.97. The molecular weight excluding hydrogens is 168 g/mol. The fourth-order valence-electron chi connectivity index (χ4n) is 1.40. The monoisotopic (exact) mass is 179 g/mol. The van der Waals surface area contributed by atoms with E-state index in [0.29, 0.717) is 0 Å². The van der Waals surface area contributed by atoms with E-state index >= 15 is 0 Å². The van der Waals surface area contributed by atoms with E-state index in [9.17, 15) is 13.6 Å². The Kier molecular flexibility index (Phi) is 2.32. The Morgan fingerprint density at radius 2 is 2.25 bits per heavy atom. The number of ether oxygens (including phenoxy) is 1. The smallest absolute Gasteiger partial charge is 0.310 e. The summed E-state index contributed by atoms with van der Waals surface area (Å²) in [5.74, 6) is -4.40. The molecule has 0 heterocycles. The first-order chi connectivity index (χ1) is 5.49. The van der Waals surface area contributed by atoms with Gasteiger partial charge in [0, 0.05) is 6.42 Å². The van der Waals surface area contributed by atoms with Crippen LogP contribution in [0.25, 0.3) is 0 Å². The zero-order valence-electron chi connectivity index (χ0n) is 6.72. The van der Waals surface area contributed by atoms with Gasteiger partial charge in [0.25, 0.3) is 5.92 Å². The van der Waals surface area contributed by atoms with Crippen molar-refractivity contribution in [3.05, 3.63) is 0 Å². The number of carbonyl (C=O) groups is 1. The van der Waals surface area contributed by atoms with Crippen LogP contribution in [0.15, 0.2) is 0 Å². The molecule has 12 heavy (non-hydrogen) atoms. The molecule has 5 heteroatoms. The molecule has 3 nitrogen and oxygen atoms in total. The maximum atomic E-state index is 12.8. The second-order valence-electron chi connectivity index (χ2n) is 2.96. The number of nitrogens with two attached hydrogens (primary N) is 1. The minimum Gasteiger partial charge on any atom is -0.469 e. The molecule has 0 aromatic carbocycles. The van der Waals surface area contributed by atoms with E-state index in [-0.39, 0.29) is 12.8 Å². The zero-order chi connectivity index (χ0) is 9.35. The average molecular weight is 179 g/mol. The van der Waals surface area contributed by atoms with Crippen LogP contribution in [0.5, 0.6) is 0 Å². The minimum absolute atomic E-state index is 0.112. The molecule has 0 aromatic rings. The van der Waals surface area contributed by atoms with E-state index in [4.69, 9.17) is 5.73 Å². The Bertz CT molecular complexity index is 196. The van der Waals surface area contributed by atoms with E-state index < -0.39 is 23.9 Å². The Labute approximate surface area is 68.9 Å². The van der Waals surface area contributed by atoms with Gasteiger partial charge in [0.15, 0.2) is 0 Å². The first-order valence-electron chi connectivity index (χ1n) is 3.70. The van der Waals surface area contributed by atoms with Crippen LogP contribution >= 0.6 is 0 Å². The Morgan fingerprint density at radius 3 is 2.58 bits per heavy atom. The van der Waals surface area contributed by atoms with E-state index in [1.54, 1.807) is 0 Å². The van der Waals surface area contributed by atoms with Crippen LogP contribution in [0.4, 0.5) is 8.78 Å². The van der Waals surface area contributed by atoms with Gasteiger partial charge in [-0.3, -0.25) is 4.79 Å². The quantitative estimate of drug-likeness (QED) is 0.597. The molecule has 2 atom stereocenters. The number of methoxy groups -OCH3 is 1. The van der Waals surface area contributed by atoms with E-state index in [1.165, 1.54) is 7.11 Å². The molecule has 1 aliphatic carbocycles. The van der Waals surface area contributed by atoms with Crippen LogP contribution < -0.4 is 5.73 Å². The Balaban J connectivity index is 2.67. The predicted octanol–water partition coefficient (Wildman–Crippen LogP) is 0.532. The average Bonchev–Trinajstić information content (AvgIpc) is 2.27. The number of hydrogen-bond donors (Lipinski definition) is 1. The van der Waals surface area contributed by atoms with Gasteiger partial charge >= 0.3 is 5.97 Å². The number of alkyl halides is 2. The van der Waals surface area contributed by atoms with Crippen molar-refractivity contribution >= 4 is 5.97 Å². The zero-order valence-corrected chi connectivity index (χ0v) is 6.72. The lowest BCUT2D eigenvalue weighted by molar-refractivity contribution is -0.147. The topological polar surface area (TPSA) is 52.3 Å². The molecule has 0 radical (unpaired) electrons. The number of rotatable bonds is 1. The van der Waals surface area contributed by atoms with Crippen molar-refractivity contribution in [3.63, 3.8) is 0 Å². The van der Waals surface area contributed by atoms with Crippen LogP contribution in [-0.4, -0.2) is 25.0 Å². The minimum atomic E-state index is -2.92. The molecule has 0 saturated heterocycles. The highest BCUT2D eigenvalue weighted by Gasteiger charge is 2.51. The molecule has 0 aliphatic heterocycles. The van der Waals surface area contributed by atoms with Crippen LogP contribution in [0.1, 0.15) is 12.8 Å². The van der Waals surface area contributed by atoms with Gasteiger partial charge in [-0.2, -0.15) is 0 Å². The summed E-state index contributed by atoms with van der Waals surface area (Å²) in [6.07, 6.45) is -0.214. The van der Waals surface area contributed by atoms with Crippen molar-refractivity contribution in [2.45, 2.75) is 24.8 Å². The third-order valence-electron chi connectivity index (χ3n) is 2.21. The molecule has 1 fully saturated rings. The van der Waals surface area contributed by atoms with E-state index in [1.807, 2.05) is 0 Å². The lowest BCUT2D eigenvalue weighted by Crippen LogP contribution is -2.42. The van der Waals surface area contributed by atoms with Gasteiger partial charge in [0.2, 0.25) is 0 Å². The molecule has 70 valence electrons. The van der Waals surface area contributed by atoms with Crippen LogP contribution in [0.2, 0.25) is 0 Å². The predicted molar refractivity (Wildman–Crippen MR) is 37.7 cm³/mol. The van der Waals surface area contributed by atoms with Gasteiger partial charge in [-0.05, 0) is 6.42 Å². The lowest BCUT2D eigenvalue weighted by atomic mass is 10.0. The summed E-state index contributed by atoms with van der Waals surface area (Å²) in [6, 6.07) is -1.38. The van der Waals surface area contributed by atoms with Gasteiger partial charge in [-0.15, -0.1) is 0 Å². The summed E-state index contributed by atoms with van der Waals surface area (Å²) in [5, 5.41) is 0. The third-order valence-corrected chi connectivity index (χ3v) is 2.21. The summed E-state index contributed by atoms with van der Waals surface area (Å²) in [5.41, 5.74) is 5.18. The Morgan fingerprint density at radius 1 is 1.67 bits per heavy atom. The largest absolute Gasteiger partial charge is 0.469 e. The number of esters is 1. The van der Waals surface area contributed by atoms with Crippen molar-refractivity contribution in [1.82, 2.24) is 0 Å². The van der Waals surface area contributed by atoms with Gasteiger partial charge in [-0.1, -0.05) is 0 Å². The van der Waals surface area contributed by atoms with Crippen LogP contribution in [0.3, 0.4) is 0 Å². The summed E-state index contributed by atoms with van der Waals surface area (Å²) in [7, 11) is 1.17. The van der Waals surface area contributed by atoms with Crippen LogP contribution in [-0.2, 0) is 9.53 Å². The van der Waals surface area contributed by atoms with Crippen molar-refractivity contribution < 1.29 is 18.3 Å².